The van der Waals surface area contributed by atoms with E-state index in [1.165, 1.54) is 9.80 Å². The van der Waals surface area contributed by atoms with E-state index < -0.39 is 6.04 Å². The maximum atomic E-state index is 13.6. The summed E-state index contributed by atoms with van der Waals surface area (Å²) in [6, 6.07) is -0.923. The van der Waals surface area contributed by atoms with Crippen LogP contribution in [-0.2, 0) is 9.53 Å². The molecule has 2 fully saturated rings. The Morgan fingerprint density at radius 1 is 1.12 bits per heavy atom. The van der Waals surface area contributed by atoms with Crippen LogP contribution in [0, 0.1) is 20.8 Å². The molecule has 1 atom stereocenters. The number of rotatable bonds is 6. The summed E-state index contributed by atoms with van der Waals surface area (Å²) in [6.07, 6.45) is 1.91. The molecule has 0 radical (unpaired) electrons. The van der Waals surface area contributed by atoms with Gasteiger partial charge < -0.3 is 4.74 Å². The maximum absolute atomic E-state index is 13.6. The first kappa shape index (κ1) is 22.6. The van der Waals surface area contributed by atoms with Crippen LogP contribution in [0.5, 0.6) is 0 Å². The number of hydrogen-bond acceptors (Lipinski definition) is 6. The molecule has 1 aromatic heterocycles. The fourth-order valence-corrected chi connectivity index (χ4v) is 4.42. The van der Waals surface area contributed by atoms with Gasteiger partial charge in [-0.1, -0.05) is 18.3 Å². The van der Waals surface area contributed by atoms with Crippen LogP contribution in [-0.4, -0.2) is 112 Å². The number of aryl methyl sites for hydroxylation is 1. The van der Waals surface area contributed by atoms with Crippen LogP contribution < -0.4 is 0 Å². The molecule has 2 saturated heterocycles. The van der Waals surface area contributed by atoms with Crippen LogP contribution in [0.3, 0.4) is 0 Å². The third-order valence-corrected chi connectivity index (χ3v) is 6.73. The molecule has 3 aliphatic heterocycles. The molecule has 0 saturated carbocycles. The van der Waals surface area contributed by atoms with Crippen molar-refractivity contribution < 1.29 is 18.9 Å². The normalized spacial score (nSPS) is 22.2. The number of amides is 3. The van der Waals surface area contributed by atoms with Gasteiger partial charge in [0.1, 0.15) is 5.69 Å². The zero-order valence-electron chi connectivity index (χ0n) is 19.8. The molecule has 174 valence electrons. The number of aromatic nitrogens is 2. The first-order chi connectivity index (χ1) is 15.3. The molecule has 0 aliphatic carbocycles. The van der Waals surface area contributed by atoms with Gasteiger partial charge in [0.2, 0.25) is 11.9 Å². The van der Waals surface area contributed by atoms with Crippen LogP contribution in [0.15, 0.2) is 4.99 Å². The van der Waals surface area contributed by atoms with Crippen LogP contribution in [0.1, 0.15) is 36.7 Å². The van der Waals surface area contributed by atoms with Crippen molar-refractivity contribution in [1.82, 2.24) is 24.5 Å². The largest absolute Gasteiger partial charge is 0.421 e. The van der Waals surface area contributed by atoms with Crippen molar-refractivity contribution in [3.63, 3.8) is 0 Å². The number of urea groups is 1. The third-order valence-electron chi connectivity index (χ3n) is 6.73. The van der Waals surface area contributed by atoms with Gasteiger partial charge in [0.15, 0.2) is 0 Å². The summed E-state index contributed by atoms with van der Waals surface area (Å²) in [5, 5.41) is 4.68. The van der Waals surface area contributed by atoms with E-state index in [1.807, 2.05) is 30.0 Å². The average Bonchev–Trinajstić information content (AvgIpc) is 3.29. The molecule has 3 amide bonds. The quantitative estimate of drug-likeness (QED) is 0.607. The Hall–Kier alpha value is -2.59. The number of morpholine rings is 1. The number of aliphatic imine (C=N–C) groups is 1. The molecule has 1 aromatic rings. The SMILES string of the molecule is CCCC[N+]1=C(n2nc(C)c(C)c2C)N=C2C1C(=O)N(CCN1CCOCC1)C(=O)N2C. The van der Waals surface area contributed by atoms with Gasteiger partial charge >= 0.3 is 12.0 Å². The molecule has 0 spiro atoms. The van der Waals surface area contributed by atoms with Crippen molar-refractivity contribution in [2.45, 2.75) is 46.6 Å². The average molecular weight is 445 g/mol. The highest BCUT2D eigenvalue weighted by Crippen LogP contribution is 2.22. The minimum atomic E-state index is -0.604. The van der Waals surface area contributed by atoms with Crippen LogP contribution >= 0.6 is 0 Å². The van der Waals surface area contributed by atoms with Gasteiger partial charge in [-0.2, -0.15) is 0 Å². The topological polar surface area (TPSA) is 86.3 Å². The highest BCUT2D eigenvalue weighted by atomic mass is 16.5. The number of carbonyl (C=O) groups excluding carboxylic acids is 2. The number of ether oxygens (including phenoxy) is 1. The molecular formula is C22H34N7O3+. The summed E-state index contributed by atoms with van der Waals surface area (Å²) in [6.45, 7) is 12.8. The second kappa shape index (κ2) is 9.11. The smallest absolute Gasteiger partial charge is 0.379 e. The molecule has 0 aromatic carbocycles. The molecule has 10 heteroatoms. The predicted molar refractivity (Wildman–Crippen MR) is 120 cm³/mol. The summed E-state index contributed by atoms with van der Waals surface area (Å²) >= 11 is 0. The zero-order valence-corrected chi connectivity index (χ0v) is 19.8. The molecule has 0 bridgehead atoms. The number of carbonyl (C=O) groups is 2. The van der Waals surface area contributed by atoms with E-state index >= 15 is 0 Å². The number of likely N-dealkylation sites (N-methyl/N-ethyl adjacent to an activating group) is 1. The maximum Gasteiger partial charge on any atom is 0.421 e. The van der Waals surface area contributed by atoms with Crippen LogP contribution in [0.25, 0.3) is 0 Å². The van der Waals surface area contributed by atoms with Crippen molar-refractivity contribution in [3.8, 4) is 0 Å². The lowest BCUT2D eigenvalue weighted by molar-refractivity contribution is -0.538. The second-order valence-corrected chi connectivity index (χ2v) is 8.71. The highest BCUT2D eigenvalue weighted by Gasteiger charge is 2.53. The number of amidine groups is 1. The molecular weight excluding hydrogens is 410 g/mol. The number of nitrogens with zero attached hydrogens (tertiary/aromatic N) is 7. The van der Waals surface area contributed by atoms with Crippen molar-refractivity contribution in [1.29, 1.82) is 0 Å². The predicted octanol–water partition coefficient (Wildman–Crippen LogP) is 0.832. The van der Waals surface area contributed by atoms with Crippen molar-refractivity contribution >= 4 is 23.7 Å². The molecule has 0 N–H and O–H groups in total. The standard InChI is InChI=1S/C22H34N7O3/c1-6-7-8-27-18-19(23-21(27)29-17(4)15(2)16(3)24-29)25(5)22(31)28(20(18)30)10-9-26-11-13-32-14-12-26/h18H,6-14H2,1-5H3/q+1. The second-order valence-electron chi connectivity index (χ2n) is 8.71. The van der Waals surface area contributed by atoms with Crippen molar-refractivity contribution in [3.05, 3.63) is 17.0 Å². The van der Waals surface area contributed by atoms with E-state index in [-0.39, 0.29) is 11.9 Å². The van der Waals surface area contributed by atoms with Crippen LogP contribution in [0.4, 0.5) is 4.79 Å². The Kier molecular flexibility index (Phi) is 6.43. The Morgan fingerprint density at radius 2 is 1.84 bits per heavy atom. The van der Waals surface area contributed by atoms with E-state index in [0.717, 1.165) is 42.9 Å². The fraction of sp³-hybridized carbons (Fsp3) is 0.682. The van der Waals surface area contributed by atoms with E-state index in [2.05, 4.69) is 16.9 Å². The van der Waals surface area contributed by atoms with Crippen molar-refractivity contribution in [2.24, 2.45) is 4.99 Å². The van der Waals surface area contributed by atoms with Gasteiger partial charge in [0.25, 0.3) is 5.91 Å². The zero-order chi connectivity index (χ0) is 23.0. The number of imide groups is 1. The number of unbranched alkanes of at least 4 members (excludes halogenated alkanes) is 1. The number of hydrogen-bond donors (Lipinski definition) is 0. The highest BCUT2D eigenvalue weighted by molar-refractivity contribution is 6.23. The first-order valence-electron chi connectivity index (χ1n) is 11.5. The Morgan fingerprint density at radius 3 is 2.47 bits per heavy atom. The van der Waals surface area contributed by atoms with Gasteiger partial charge in [-0.25, -0.2) is 9.37 Å². The molecule has 3 aliphatic rings. The molecule has 1 unspecified atom stereocenters. The van der Waals surface area contributed by atoms with Gasteiger partial charge in [-0.05, 0) is 27.2 Å². The van der Waals surface area contributed by atoms with E-state index in [9.17, 15) is 9.59 Å². The minimum Gasteiger partial charge on any atom is -0.379 e. The third kappa shape index (κ3) is 3.86. The lowest BCUT2D eigenvalue weighted by Gasteiger charge is -2.35. The number of fused-ring (bicyclic) bond motifs is 1. The molecule has 10 nitrogen and oxygen atoms in total. The van der Waals surface area contributed by atoms with Crippen molar-refractivity contribution in [2.75, 3.05) is 53.0 Å². The van der Waals surface area contributed by atoms with Gasteiger partial charge in [-0.3, -0.25) is 19.5 Å². The summed E-state index contributed by atoms with van der Waals surface area (Å²) in [7, 11) is 1.70. The summed E-state index contributed by atoms with van der Waals surface area (Å²) in [4.78, 5) is 36.6. The molecule has 4 rings (SSSR count). The van der Waals surface area contributed by atoms with Gasteiger partial charge in [-0.15, -0.1) is 9.78 Å². The Bertz CT molecular complexity index is 974. The molecule has 32 heavy (non-hydrogen) atoms. The Labute approximate surface area is 189 Å². The lowest BCUT2D eigenvalue weighted by Crippen LogP contribution is -2.63. The van der Waals surface area contributed by atoms with E-state index in [4.69, 9.17) is 9.73 Å². The monoisotopic (exact) mass is 444 g/mol. The molecule has 4 heterocycles. The van der Waals surface area contributed by atoms with Gasteiger partial charge in [0, 0.05) is 38.8 Å². The fourth-order valence-electron chi connectivity index (χ4n) is 4.42. The van der Waals surface area contributed by atoms with E-state index in [0.29, 0.717) is 44.6 Å². The lowest BCUT2D eigenvalue weighted by atomic mass is 10.1. The summed E-state index contributed by atoms with van der Waals surface area (Å²) < 4.78 is 9.24. The Balaban J connectivity index is 1.67. The van der Waals surface area contributed by atoms with Gasteiger partial charge in [0.05, 0.1) is 25.5 Å². The summed E-state index contributed by atoms with van der Waals surface area (Å²) in [5.41, 5.74) is 3.03. The van der Waals surface area contributed by atoms with Crippen LogP contribution in [0.2, 0.25) is 0 Å². The first-order valence-corrected chi connectivity index (χ1v) is 11.5. The summed E-state index contributed by atoms with van der Waals surface area (Å²) in [5.74, 6) is 0.901. The minimum absolute atomic E-state index is 0.204. The van der Waals surface area contributed by atoms with E-state index in [1.54, 1.807) is 7.05 Å².